The summed E-state index contributed by atoms with van der Waals surface area (Å²) < 4.78 is 0. The number of rotatable bonds is 2. The predicted octanol–water partition coefficient (Wildman–Crippen LogP) is 4.57. The van der Waals surface area contributed by atoms with Crippen molar-refractivity contribution in [2.24, 2.45) is 0 Å². The molecule has 0 heterocycles. The first-order valence-electron chi connectivity index (χ1n) is 5.64. The summed E-state index contributed by atoms with van der Waals surface area (Å²) in [7, 11) is 0. The summed E-state index contributed by atoms with van der Waals surface area (Å²) in [6.07, 6.45) is 0. The van der Waals surface area contributed by atoms with Gasteiger partial charge in [-0.25, -0.2) is 0 Å². The second-order valence-electron chi connectivity index (χ2n) is 4.23. The molecule has 0 spiro atoms. The fourth-order valence-corrected chi connectivity index (χ4v) is 2.02. The van der Waals surface area contributed by atoms with Crippen LogP contribution in [0.5, 0.6) is 0 Å². The lowest BCUT2D eigenvalue weighted by Gasteiger charge is -2.11. The zero-order valence-electron chi connectivity index (χ0n) is 10.3. The highest BCUT2D eigenvalue weighted by Gasteiger charge is 2.02. The summed E-state index contributed by atoms with van der Waals surface area (Å²) in [6.45, 7) is 3.93. The fourth-order valence-electron chi connectivity index (χ4n) is 1.79. The van der Waals surface area contributed by atoms with Gasteiger partial charge < -0.3 is 5.32 Å². The monoisotopic (exact) mass is 256 g/mol. The normalized spacial score (nSPS) is 9.89. The number of benzene rings is 2. The first-order chi connectivity index (χ1) is 8.60. The number of halogens is 1. The molecule has 0 unspecified atom stereocenters. The Balaban J connectivity index is 2.29. The highest BCUT2D eigenvalue weighted by Crippen LogP contribution is 2.24. The smallest absolute Gasteiger partial charge is 0.0994 e. The third-order valence-corrected chi connectivity index (χ3v) is 3.05. The van der Waals surface area contributed by atoms with Gasteiger partial charge in [0.2, 0.25) is 0 Å². The lowest BCUT2D eigenvalue weighted by atomic mass is 10.1. The minimum Gasteiger partial charge on any atom is -0.355 e. The Morgan fingerprint density at radius 1 is 1.06 bits per heavy atom. The van der Waals surface area contributed by atoms with Crippen molar-refractivity contribution in [2.45, 2.75) is 13.8 Å². The molecule has 0 fully saturated rings. The molecule has 2 aromatic rings. The molecule has 1 N–H and O–H groups in total. The van der Waals surface area contributed by atoms with Crippen molar-refractivity contribution in [3.8, 4) is 6.07 Å². The maximum absolute atomic E-state index is 8.89. The van der Waals surface area contributed by atoms with Crippen LogP contribution in [0.15, 0.2) is 36.4 Å². The molecule has 2 rings (SSSR count). The molecule has 0 bridgehead atoms. The van der Waals surface area contributed by atoms with Crippen molar-refractivity contribution >= 4 is 23.0 Å². The molecule has 0 saturated carbocycles. The number of nitrogens with zero attached hydrogens (tertiary/aromatic N) is 1. The zero-order valence-corrected chi connectivity index (χ0v) is 11.0. The van der Waals surface area contributed by atoms with Gasteiger partial charge in [0.1, 0.15) is 0 Å². The van der Waals surface area contributed by atoms with Gasteiger partial charge in [-0.05, 0) is 61.4 Å². The van der Waals surface area contributed by atoms with E-state index in [1.165, 1.54) is 0 Å². The molecule has 0 aliphatic carbocycles. The van der Waals surface area contributed by atoms with Gasteiger partial charge in [-0.3, -0.25) is 0 Å². The van der Waals surface area contributed by atoms with Crippen molar-refractivity contribution in [1.82, 2.24) is 0 Å². The minimum absolute atomic E-state index is 0.702. The summed E-state index contributed by atoms with van der Waals surface area (Å²) in [6, 6.07) is 13.6. The van der Waals surface area contributed by atoms with Crippen LogP contribution in [0.1, 0.15) is 16.7 Å². The summed E-state index contributed by atoms with van der Waals surface area (Å²) in [5, 5.41) is 12.9. The highest BCUT2D eigenvalue weighted by atomic mass is 35.5. The Morgan fingerprint density at radius 3 is 2.44 bits per heavy atom. The van der Waals surface area contributed by atoms with Crippen molar-refractivity contribution in [2.75, 3.05) is 5.32 Å². The molecular weight excluding hydrogens is 244 g/mol. The lowest BCUT2D eigenvalue weighted by Crippen LogP contribution is -1.94. The van der Waals surface area contributed by atoms with E-state index in [1.807, 2.05) is 50.2 Å². The van der Waals surface area contributed by atoms with Gasteiger partial charge in [0, 0.05) is 16.4 Å². The van der Waals surface area contributed by atoms with Gasteiger partial charge in [-0.15, -0.1) is 0 Å². The van der Waals surface area contributed by atoms with E-state index in [2.05, 4.69) is 11.4 Å². The van der Waals surface area contributed by atoms with E-state index in [0.717, 1.165) is 27.5 Å². The third-order valence-electron chi connectivity index (χ3n) is 2.81. The Morgan fingerprint density at radius 2 is 1.83 bits per heavy atom. The van der Waals surface area contributed by atoms with Gasteiger partial charge in [-0.2, -0.15) is 5.26 Å². The number of nitriles is 1. The van der Waals surface area contributed by atoms with E-state index in [-0.39, 0.29) is 0 Å². The van der Waals surface area contributed by atoms with Crippen molar-refractivity contribution in [1.29, 1.82) is 5.26 Å². The van der Waals surface area contributed by atoms with Gasteiger partial charge in [0.05, 0.1) is 11.6 Å². The molecule has 0 saturated heterocycles. The summed E-state index contributed by atoms with van der Waals surface area (Å²) in [4.78, 5) is 0. The molecule has 2 nitrogen and oxygen atoms in total. The largest absolute Gasteiger partial charge is 0.355 e. The van der Waals surface area contributed by atoms with E-state index < -0.39 is 0 Å². The quantitative estimate of drug-likeness (QED) is 0.854. The molecule has 90 valence electrons. The standard InChI is InChI=1S/C15H13ClN2/c1-10-8-14(5-3-12(10)9-17)18-15-6-4-13(16)7-11(15)2/h3-8,18H,1-2H3. The maximum atomic E-state index is 8.89. The van der Waals surface area contributed by atoms with Gasteiger partial charge >= 0.3 is 0 Å². The number of nitrogens with one attached hydrogen (secondary N) is 1. The topological polar surface area (TPSA) is 35.8 Å². The SMILES string of the molecule is Cc1cc(Nc2ccc(Cl)cc2C)ccc1C#N. The molecule has 0 radical (unpaired) electrons. The van der Waals surface area contributed by atoms with Gasteiger partial charge in [0.15, 0.2) is 0 Å². The second-order valence-corrected chi connectivity index (χ2v) is 4.66. The van der Waals surface area contributed by atoms with Crippen LogP contribution in [-0.2, 0) is 0 Å². The van der Waals surface area contributed by atoms with Gasteiger partial charge in [0.25, 0.3) is 0 Å². The average molecular weight is 257 g/mol. The van der Waals surface area contributed by atoms with Crippen LogP contribution in [0.2, 0.25) is 5.02 Å². The van der Waals surface area contributed by atoms with Crippen molar-refractivity contribution < 1.29 is 0 Å². The van der Waals surface area contributed by atoms with Crippen LogP contribution in [-0.4, -0.2) is 0 Å². The Bertz CT molecular complexity index is 627. The third kappa shape index (κ3) is 2.64. The van der Waals surface area contributed by atoms with E-state index in [9.17, 15) is 0 Å². The van der Waals surface area contributed by atoms with E-state index in [4.69, 9.17) is 16.9 Å². The van der Waals surface area contributed by atoms with Crippen molar-refractivity contribution in [3.05, 3.63) is 58.1 Å². The highest BCUT2D eigenvalue weighted by molar-refractivity contribution is 6.30. The van der Waals surface area contributed by atoms with Crippen LogP contribution in [0.25, 0.3) is 0 Å². The molecular formula is C15H13ClN2. The summed E-state index contributed by atoms with van der Waals surface area (Å²) in [5.74, 6) is 0. The average Bonchev–Trinajstić information content (AvgIpc) is 2.33. The fraction of sp³-hybridized carbons (Fsp3) is 0.133. The number of aryl methyl sites for hydroxylation is 2. The zero-order chi connectivity index (χ0) is 13.1. The van der Waals surface area contributed by atoms with Crippen LogP contribution < -0.4 is 5.32 Å². The van der Waals surface area contributed by atoms with E-state index in [1.54, 1.807) is 0 Å². The first-order valence-corrected chi connectivity index (χ1v) is 6.02. The Labute approximate surface area is 112 Å². The number of anilines is 2. The predicted molar refractivity (Wildman–Crippen MR) is 75.4 cm³/mol. The lowest BCUT2D eigenvalue weighted by molar-refractivity contribution is 1.37. The molecule has 3 heteroatoms. The van der Waals surface area contributed by atoms with Crippen LogP contribution in [0.3, 0.4) is 0 Å². The second kappa shape index (κ2) is 5.12. The van der Waals surface area contributed by atoms with E-state index >= 15 is 0 Å². The molecule has 0 aliphatic rings. The molecule has 0 amide bonds. The molecule has 18 heavy (non-hydrogen) atoms. The van der Waals surface area contributed by atoms with E-state index in [0.29, 0.717) is 5.56 Å². The number of hydrogen-bond acceptors (Lipinski definition) is 2. The Kier molecular flexibility index (Phi) is 3.55. The van der Waals surface area contributed by atoms with Crippen LogP contribution >= 0.6 is 11.6 Å². The van der Waals surface area contributed by atoms with Crippen molar-refractivity contribution in [3.63, 3.8) is 0 Å². The molecule has 0 aromatic heterocycles. The summed E-state index contributed by atoms with van der Waals surface area (Å²) >= 11 is 5.92. The molecule has 0 atom stereocenters. The number of hydrogen-bond donors (Lipinski definition) is 1. The first kappa shape index (κ1) is 12.5. The molecule has 0 aliphatic heterocycles. The summed E-state index contributed by atoms with van der Waals surface area (Å²) in [5.41, 5.74) is 4.74. The minimum atomic E-state index is 0.702. The molecule has 2 aromatic carbocycles. The van der Waals surface area contributed by atoms with Crippen LogP contribution in [0.4, 0.5) is 11.4 Å². The van der Waals surface area contributed by atoms with Crippen LogP contribution in [0, 0.1) is 25.2 Å². The maximum Gasteiger partial charge on any atom is 0.0994 e. The van der Waals surface area contributed by atoms with Gasteiger partial charge in [-0.1, -0.05) is 11.6 Å². The Hall–Kier alpha value is -1.98.